The Labute approximate surface area is 168 Å². The van der Waals surface area contributed by atoms with Crippen LogP contribution in [0.4, 0.5) is 0 Å². The van der Waals surface area contributed by atoms with Gasteiger partial charge in [-0.1, -0.05) is 41.1 Å². The molecule has 1 heterocycles. The van der Waals surface area contributed by atoms with Gasteiger partial charge in [-0.05, 0) is 30.7 Å². The van der Waals surface area contributed by atoms with Crippen molar-refractivity contribution >= 4 is 17.7 Å². The molecular formula is C21H23N3O3S. The number of carbonyl (C=O) groups excluding carboxylic acids is 1. The molecular weight excluding hydrogens is 374 g/mol. The van der Waals surface area contributed by atoms with E-state index in [0.29, 0.717) is 24.0 Å². The predicted octanol–water partition coefficient (Wildman–Crippen LogP) is 3.95. The summed E-state index contributed by atoms with van der Waals surface area (Å²) < 4.78 is 10.4. The van der Waals surface area contributed by atoms with E-state index < -0.39 is 0 Å². The van der Waals surface area contributed by atoms with Crippen molar-refractivity contribution in [3.8, 4) is 17.1 Å². The van der Waals surface area contributed by atoms with Crippen LogP contribution in [-0.2, 0) is 17.1 Å². The Hall–Kier alpha value is -2.80. The summed E-state index contributed by atoms with van der Waals surface area (Å²) in [6.07, 6.45) is 0. The highest BCUT2D eigenvalue weighted by Crippen LogP contribution is 2.19. The molecule has 0 fully saturated rings. The second-order valence-electron chi connectivity index (χ2n) is 6.47. The number of rotatable bonds is 8. The summed E-state index contributed by atoms with van der Waals surface area (Å²) in [5, 5.41) is 4.02. The lowest BCUT2D eigenvalue weighted by atomic mass is 10.1. The lowest BCUT2D eigenvalue weighted by Gasteiger charge is -2.14. The molecule has 3 rings (SSSR count). The van der Waals surface area contributed by atoms with Gasteiger partial charge in [0.2, 0.25) is 17.6 Å². The van der Waals surface area contributed by atoms with E-state index in [2.05, 4.69) is 10.1 Å². The number of ether oxygens (including phenoxy) is 1. The van der Waals surface area contributed by atoms with Crippen molar-refractivity contribution in [1.29, 1.82) is 0 Å². The van der Waals surface area contributed by atoms with Crippen LogP contribution in [0.1, 0.15) is 17.0 Å². The monoisotopic (exact) mass is 397 g/mol. The molecule has 3 aromatic rings. The van der Waals surface area contributed by atoms with Crippen LogP contribution in [0.2, 0.25) is 0 Å². The normalized spacial score (nSPS) is 10.7. The molecule has 0 unspecified atom stereocenters. The average Bonchev–Trinajstić information content (AvgIpc) is 3.17. The van der Waals surface area contributed by atoms with Crippen molar-refractivity contribution in [3.63, 3.8) is 0 Å². The first-order valence-electron chi connectivity index (χ1n) is 8.89. The molecule has 0 saturated carbocycles. The summed E-state index contributed by atoms with van der Waals surface area (Å²) in [7, 11) is 3.39. The molecule has 6 nitrogen and oxygen atoms in total. The number of hydrogen-bond donors (Lipinski definition) is 0. The van der Waals surface area contributed by atoms with Gasteiger partial charge in [0.15, 0.2) is 0 Å². The maximum atomic E-state index is 12.4. The molecule has 0 N–H and O–H groups in total. The van der Waals surface area contributed by atoms with Crippen LogP contribution in [0.3, 0.4) is 0 Å². The fourth-order valence-corrected chi connectivity index (χ4v) is 3.52. The van der Waals surface area contributed by atoms with Crippen molar-refractivity contribution in [1.82, 2.24) is 15.0 Å². The maximum absolute atomic E-state index is 12.4. The topological polar surface area (TPSA) is 68.5 Å². The summed E-state index contributed by atoms with van der Waals surface area (Å²) in [6.45, 7) is 2.31. The van der Waals surface area contributed by atoms with Gasteiger partial charge in [-0.3, -0.25) is 4.79 Å². The highest BCUT2D eigenvalue weighted by atomic mass is 32.2. The van der Waals surface area contributed by atoms with E-state index in [9.17, 15) is 4.79 Å². The van der Waals surface area contributed by atoms with Gasteiger partial charge in [-0.25, -0.2) is 0 Å². The van der Waals surface area contributed by atoms with E-state index in [0.717, 1.165) is 28.2 Å². The van der Waals surface area contributed by atoms with Gasteiger partial charge < -0.3 is 14.2 Å². The summed E-state index contributed by atoms with van der Waals surface area (Å²) in [6, 6.07) is 15.8. The van der Waals surface area contributed by atoms with Crippen LogP contribution in [0.15, 0.2) is 53.1 Å². The van der Waals surface area contributed by atoms with E-state index in [1.165, 1.54) is 0 Å². The summed E-state index contributed by atoms with van der Waals surface area (Å²) in [4.78, 5) is 18.4. The number of thioether (sulfide) groups is 1. The quantitative estimate of drug-likeness (QED) is 0.573. The van der Waals surface area contributed by atoms with E-state index in [1.807, 2.05) is 55.5 Å². The van der Waals surface area contributed by atoms with Gasteiger partial charge >= 0.3 is 0 Å². The van der Waals surface area contributed by atoms with Gasteiger partial charge in [-0.2, -0.15) is 4.98 Å². The number of hydrogen-bond acceptors (Lipinski definition) is 6. The number of aromatic nitrogens is 2. The molecule has 28 heavy (non-hydrogen) atoms. The largest absolute Gasteiger partial charge is 0.497 e. The van der Waals surface area contributed by atoms with E-state index in [1.54, 1.807) is 30.8 Å². The SMILES string of the molecule is COc1ccc(CSCC(=O)N(C)Cc2nc(-c3cccc(C)c3)no2)cc1. The van der Waals surface area contributed by atoms with E-state index in [-0.39, 0.29) is 5.91 Å². The molecule has 0 spiro atoms. The minimum absolute atomic E-state index is 0.0221. The predicted molar refractivity (Wildman–Crippen MR) is 110 cm³/mol. The summed E-state index contributed by atoms with van der Waals surface area (Å²) >= 11 is 1.57. The number of nitrogens with zero attached hydrogens (tertiary/aromatic N) is 3. The van der Waals surface area contributed by atoms with Crippen molar-refractivity contribution in [2.24, 2.45) is 0 Å². The minimum atomic E-state index is 0.0221. The van der Waals surface area contributed by atoms with Crippen molar-refractivity contribution in [2.45, 2.75) is 19.2 Å². The number of amides is 1. The van der Waals surface area contributed by atoms with Gasteiger partial charge in [-0.15, -0.1) is 11.8 Å². The molecule has 0 aliphatic carbocycles. The number of benzene rings is 2. The first kappa shape index (κ1) is 19.9. The Morgan fingerprint density at radius 2 is 2.00 bits per heavy atom. The Bertz CT molecular complexity index is 925. The van der Waals surface area contributed by atoms with Crippen LogP contribution in [0.25, 0.3) is 11.4 Å². The van der Waals surface area contributed by atoms with Gasteiger partial charge in [0.1, 0.15) is 5.75 Å². The molecule has 0 saturated heterocycles. The third-order valence-corrected chi connectivity index (χ3v) is 5.18. The number of methoxy groups -OCH3 is 1. The fraction of sp³-hybridized carbons (Fsp3) is 0.286. The second kappa shape index (κ2) is 9.41. The van der Waals surface area contributed by atoms with Crippen molar-refractivity contribution in [2.75, 3.05) is 19.9 Å². The molecule has 0 bridgehead atoms. The zero-order valence-corrected chi connectivity index (χ0v) is 17.0. The Balaban J connectivity index is 1.48. The van der Waals surface area contributed by atoms with Gasteiger partial charge in [0.05, 0.1) is 19.4 Å². The molecule has 146 valence electrons. The standard InChI is InChI=1S/C21H23N3O3S/c1-15-5-4-6-17(11-15)21-22-19(27-23-21)12-24(2)20(25)14-28-13-16-7-9-18(26-3)10-8-16/h4-11H,12-14H2,1-3H3. The number of carbonyl (C=O) groups is 1. The first-order valence-corrected chi connectivity index (χ1v) is 10.0. The number of aryl methyl sites for hydroxylation is 1. The molecule has 0 aliphatic heterocycles. The second-order valence-corrected chi connectivity index (χ2v) is 7.46. The Morgan fingerprint density at radius 1 is 1.21 bits per heavy atom. The summed E-state index contributed by atoms with van der Waals surface area (Å²) in [5.41, 5.74) is 3.19. The molecule has 0 atom stereocenters. The van der Waals surface area contributed by atoms with Crippen LogP contribution in [0, 0.1) is 6.92 Å². The summed E-state index contributed by atoms with van der Waals surface area (Å²) in [5.74, 6) is 2.96. The lowest BCUT2D eigenvalue weighted by Crippen LogP contribution is -2.28. The molecule has 0 aliphatic rings. The van der Waals surface area contributed by atoms with E-state index >= 15 is 0 Å². The Morgan fingerprint density at radius 3 is 2.71 bits per heavy atom. The van der Waals surface area contributed by atoms with Crippen LogP contribution in [0.5, 0.6) is 5.75 Å². The minimum Gasteiger partial charge on any atom is -0.497 e. The maximum Gasteiger partial charge on any atom is 0.246 e. The molecule has 2 aromatic carbocycles. The lowest BCUT2D eigenvalue weighted by molar-refractivity contribution is -0.127. The Kier molecular flexibility index (Phi) is 6.71. The van der Waals surface area contributed by atoms with Crippen molar-refractivity contribution < 1.29 is 14.1 Å². The molecule has 7 heteroatoms. The van der Waals surface area contributed by atoms with Gasteiger partial charge in [0, 0.05) is 18.4 Å². The van der Waals surface area contributed by atoms with Crippen LogP contribution >= 0.6 is 11.8 Å². The smallest absolute Gasteiger partial charge is 0.246 e. The third kappa shape index (κ3) is 5.36. The van der Waals surface area contributed by atoms with Crippen molar-refractivity contribution in [3.05, 3.63) is 65.5 Å². The first-order chi connectivity index (χ1) is 13.5. The average molecular weight is 398 g/mol. The molecule has 1 aromatic heterocycles. The van der Waals surface area contributed by atoms with Crippen LogP contribution < -0.4 is 4.74 Å². The molecule has 0 radical (unpaired) electrons. The highest BCUT2D eigenvalue weighted by molar-refractivity contribution is 7.99. The third-order valence-electron chi connectivity index (χ3n) is 4.20. The van der Waals surface area contributed by atoms with E-state index in [4.69, 9.17) is 9.26 Å². The fourth-order valence-electron chi connectivity index (χ4n) is 2.60. The zero-order chi connectivity index (χ0) is 19.9. The molecule has 1 amide bonds. The zero-order valence-electron chi connectivity index (χ0n) is 16.2. The van der Waals surface area contributed by atoms with Crippen LogP contribution in [-0.4, -0.2) is 40.9 Å². The van der Waals surface area contributed by atoms with Gasteiger partial charge in [0.25, 0.3) is 0 Å². The highest BCUT2D eigenvalue weighted by Gasteiger charge is 2.15.